The van der Waals surface area contributed by atoms with Crippen LogP contribution in [-0.2, 0) is 46.4 Å². The van der Waals surface area contributed by atoms with Crippen LogP contribution in [0.1, 0.15) is 0 Å². The van der Waals surface area contributed by atoms with Crippen LogP contribution < -0.4 is 14.7 Å². The van der Waals surface area contributed by atoms with E-state index in [1.54, 1.807) is 0 Å². The molecule has 42 valence electrons. The van der Waals surface area contributed by atoms with Crippen molar-refractivity contribution in [3.05, 3.63) is 0 Å². The first-order valence-corrected chi connectivity index (χ1v) is 2.19. The number of phosphoric acid groups is 1. The molecule has 0 radical (unpaired) electrons. The molecule has 0 aliphatic rings. The summed E-state index contributed by atoms with van der Waals surface area (Å²) in [6, 6.07) is 0. The molecule has 0 saturated heterocycles. The summed E-state index contributed by atoms with van der Waals surface area (Å²) in [5.41, 5.74) is 0. The van der Waals surface area contributed by atoms with E-state index in [-0.39, 0.29) is 97.0 Å². The van der Waals surface area contributed by atoms with Crippen LogP contribution in [0.4, 0.5) is 0 Å². The molecule has 0 spiro atoms. The summed E-state index contributed by atoms with van der Waals surface area (Å²) >= 11 is 0. The van der Waals surface area contributed by atoms with E-state index in [9.17, 15) is 0 Å². The van der Waals surface area contributed by atoms with E-state index in [4.69, 9.17) is 19.2 Å². The Morgan fingerprint density at radius 3 is 1.11 bits per heavy atom. The normalized spacial score (nSPS) is 6.56. The third kappa shape index (κ3) is 90.7. The molecule has 9 heavy (non-hydrogen) atoms. The van der Waals surface area contributed by atoms with Crippen molar-refractivity contribution in [3.63, 3.8) is 0 Å². The first kappa shape index (κ1) is 29.5. The van der Waals surface area contributed by atoms with Crippen molar-refractivity contribution in [2.75, 3.05) is 0 Å². The Hall–Kier alpha value is 3.27. The van der Waals surface area contributed by atoms with Crippen LogP contribution in [-0.4, -0.2) is 55.1 Å². The van der Waals surface area contributed by atoms with Crippen LogP contribution >= 0.6 is 7.82 Å². The van der Waals surface area contributed by atoms with Crippen LogP contribution in [0.5, 0.6) is 0 Å². The van der Waals surface area contributed by atoms with Gasteiger partial charge < -0.3 is 19.2 Å². The largest absolute Gasteiger partial charge is 3.00 e. The molecule has 0 aromatic heterocycles. The Balaban J connectivity index is -0.0000000133. The minimum absolute atomic E-state index is 0. The molecule has 0 aromatic carbocycles. The van der Waals surface area contributed by atoms with E-state index in [1.165, 1.54) is 0 Å². The second-order valence-electron chi connectivity index (χ2n) is 0.447. The summed E-state index contributed by atoms with van der Waals surface area (Å²) in [6.45, 7) is 0. The van der Waals surface area contributed by atoms with E-state index in [2.05, 4.69) is 0 Å². The van der Waals surface area contributed by atoms with Crippen molar-refractivity contribution < 1.29 is 61.1 Å². The fourth-order valence-electron chi connectivity index (χ4n) is 0. The first-order valence-electron chi connectivity index (χ1n) is 0.730. The third-order valence-electron chi connectivity index (χ3n) is 0. The summed E-state index contributed by atoms with van der Waals surface area (Å²) < 4.78 is 8.55. The SMILES string of the molecule is O=P([O-])([O-])[O-].[Ag+].[Al+3].[Ca+2].[Zn+2]. The molecule has 0 saturated carbocycles. The minimum Gasteiger partial charge on any atom is -0.822 e. The molecule has 0 rings (SSSR count). The van der Waals surface area contributed by atoms with Crippen molar-refractivity contribution in [1.82, 2.24) is 0 Å². The van der Waals surface area contributed by atoms with Gasteiger partial charge in [-0.1, -0.05) is 0 Å². The van der Waals surface area contributed by atoms with Gasteiger partial charge in [0.05, 0.1) is 0 Å². The summed E-state index contributed by atoms with van der Waals surface area (Å²) in [5, 5.41) is 0. The summed E-state index contributed by atoms with van der Waals surface area (Å²) in [4.78, 5) is 25.6. The van der Waals surface area contributed by atoms with Crippen LogP contribution in [0.25, 0.3) is 0 Å². The Morgan fingerprint density at radius 2 is 1.11 bits per heavy atom. The molecule has 9 heteroatoms. The molecule has 0 bridgehead atoms. The van der Waals surface area contributed by atoms with Crippen molar-refractivity contribution in [3.8, 4) is 0 Å². The molecule has 0 fully saturated rings. The predicted octanol–water partition coefficient (Wildman–Crippen LogP) is -3.59. The Kier molecular flexibility index (Phi) is 45.3. The van der Waals surface area contributed by atoms with E-state index in [1.807, 2.05) is 0 Å². The predicted molar refractivity (Wildman–Crippen MR) is 19.1 cm³/mol. The van der Waals surface area contributed by atoms with Crippen LogP contribution in [0, 0.1) is 0 Å². The van der Waals surface area contributed by atoms with Gasteiger partial charge >= 0.3 is 97.0 Å². The average molecular weight is 335 g/mol. The molecular weight excluding hydrogens is 335 g/mol. The van der Waals surface area contributed by atoms with Gasteiger partial charge in [0, 0.05) is 0 Å². The summed E-state index contributed by atoms with van der Waals surface area (Å²) in [5.74, 6) is 0. The Morgan fingerprint density at radius 1 is 1.11 bits per heavy atom. The molecule has 0 N–H and O–H groups in total. The van der Waals surface area contributed by atoms with E-state index in [0.29, 0.717) is 0 Å². The quantitative estimate of drug-likeness (QED) is 0.338. The second kappa shape index (κ2) is 13.8. The van der Waals surface area contributed by atoms with Crippen LogP contribution in [0.2, 0.25) is 0 Å². The fourth-order valence-corrected chi connectivity index (χ4v) is 0. The molecule has 4 nitrogen and oxygen atoms in total. The van der Waals surface area contributed by atoms with Gasteiger partial charge in [-0.3, -0.25) is 0 Å². The topological polar surface area (TPSA) is 86.2 Å². The first-order chi connectivity index (χ1) is 2.00. The maximum atomic E-state index is 8.55. The molecule has 0 aromatic rings. The Labute approximate surface area is 122 Å². The molecule has 0 aliphatic heterocycles. The van der Waals surface area contributed by atoms with E-state index < -0.39 is 7.82 Å². The van der Waals surface area contributed by atoms with Crippen molar-refractivity contribution in [2.24, 2.45) is 0 Å². The number of hydrogen-bond donors (Lipinski definition) is 0. The number of hydrogen-bond acceptors (Lipinski definition) is 4. The maximum Gasteiger partial charge on any atom is 3.00 e. The monoisotopic (exact) mass is 333 g/mol. The van der Waals surface area contributed by atoms with Gasteiger partial charge in [-0.2, -0.15) is 7.82 Å². The minimum atomic E-state index is -5.39. The van der Waals surface area contributed by atoms with Crippen LogP contribution in [0.3, 0.4) is 0 Å². The molecular formula is AgAlCaO4PZn+5. The molecule has 0 heterocycles. The van der Waals surface area contributed by atoms with Gasteiger partial charge in [0.1, 0.15) is 0 Å². The van der Waals surface area contributed by atoms with E-state index >= 15 is 0 Å². The average Bonchev–Trinajstić information content (AvgIpc) is 0.722. The van der Waals surface area contributed by atoms with Crippen molar-refractivity contribution in [2.45, 2.75) is 0 Å². The van der Waals surface area contributed by atoms with Crippen LogP contribution in [0.15, 0.2) is 0 Å². The van der Waals surface area contributed by atoms with E-state index in [0.717, 1.165) is 0 Å². The van der Waals surface area contributed by atoms with Gasteiger partial charge in [-0.25, -0.2) is 0 Å². The fraction of sp³-hybridized carbons (Fsp3) is 0. The van der Waals surface area contributed by atoms with Crippen molar-refractivity contribution >= 4 is 62.9 Å². The summed E-state index contributed by atoms with van der Waals surface area (Å²) in [7, 11) is -5.39. The zero-order valence-electron chi connectivity index (χ0n) is 4.37. The summed E-state index contributed by atoms with van der Waals surface area (Å²) in [6.07, 6.45) is 0. The van der Waals surface area contributed by atoms with Gasteiger partial charge in [0.15, 0.2) is 0 Å². The smallest absolute Gasteiger partial charge is 0.822 e. The maximum absolute atomic E-state index is 8.55. The van der Waals surface area contributed by atoms with Gasteiger partial charge in [-0.05, 0) is 0 Å². The van der Waals surface area contributed by atoms with Gasteiger partial charge in [0.25, 0.3) is 0 Å². The molecule has 0 amide bonds. The standard InChI is InChI=1S/Ag.Al.Ca.H3O4P.Zn/c;;;1-5(2,3)4;/h;;;(H3,1,2,3,4);/q+1;+3;+2;;+2/p-3. The number of rotatable bonds is 0. The molecule has 0 aliphatic carbocycles. The third-order valence-corrected chi connectivity index (χ3v) is 0. The Bertz CT molecular complexity index is 66.7. The zero-order chi connectivity index (χ0) is 4.50. The van der Waals surface area contributed by atoms with Crippen molar-refractivity contribution in [1.29, 1.82) is 0 Å². The molecule has 0 atom stereocenters. The molecule has 0 unspecified atom stereocenters. The zero-order valence-corrected chi connectivity index (χ0v) is 13.1. The van der Waals surface area contributed by atoms with Gasteiger partial charge in [-0.15, -0.1) is 0 Å². The second-order valence-corrected chi connectivity index (χ2v) is 1.34. The van der Waals surface area contributed by atoms with Gasteiger partial charge in [0.2, 0.25) is 0 Å².